The number of ether oxygens (including phenoxy) is 1. The monoisotopic (exact) mass is 573 g/mol. The van der Waals surface area contributed by atoms with Gasteiger partial charge in [0.15, 0.2) is 0 Å². The van der Waals surface area contributed by atoms with E-state index in [0.717, 1.165) is 0 Å². The number of alkyl halides is 2. The first kappa shape index (κ1) is 32.1. The molecule has 2 aliphatic rings. The van der Waals surface area contributed by atoms with Crippen LogP contribution in [0.4, 0.5) is 0 Å². The largest absolute Gasteiger partial charge is 0.460 e. The number of Topliss-reactive ketones (excluding diaryl/α,β-unsaturated/α-hetero) is 1. The molecule has 2 rings (SSSR count). The minimum Gasteiger partial charge on any atom is -0.460 e. The van der Waals surface area contributed by atoms with Crippen LogP contribution in [-0.4, -0.2) is 69.5 Å². The number of halogens is 2. The Morgan fingerprint density at radius 2 is 1.74 bits per heavy atom. The van der Waals surface area contributed by atoms with Crippen molar-refractivity contribution in [1.29, 1.82) is 0 Å². The van der Waals surface area contributed by atoms with Gasteiger partial charge in [-0.2, -0.15) is 0 Å². The van der Waals surface area contributed by atoms with Crippen molar-refractivity contribution in [1.82, 2.24) is 15.5 Å². The van der Waals surface area contributed by atoms with Gasteiger partial charge in [-0.15, -0.1) is 29.8 Å². The third-order valence-electron chi connectivity index (χ3n) is 7.10. The van der Waals surface area contributed by atoms with Crippen molar-refractivity contribution in [2.75, 3.05) is 13.1 Å². The number of nitrogens with zero attached hydrogens (tertiary/aromatic N) is 1. The van der Waals surface area contributed by atoms with Gasteiger partial charge in [-0.25, -0.2) is 0 Å². The van der Waals surface area contributed by atoms with Crippen molar-refractivity contribution in [3.8, 4) is 0 Å². The van der Waals surface area contributed by atoms with Crippen LogP contribution in [0.25, 0.3) is 0 Å². The van der Waals surface area contributed by atoms with Gasteiger partial charge in [0.25, 0.3) is 5.91 Å². The molecule has 1 aliphatic carbocycles. The van der Waals surface area contributed by atoms with E-state index in [4.69, 9.17) is 27.9 Å². The number of hydrogen-bond acceptors (Lipinski definition) is 6. The summed E-state index contributed by atoms with van der Waals surface area (Å²) in [5, 5.41) is 5.08. The quantitative estimate of drug-likeness (QED) is 0.169. The molecule has 214 valence electrons. The van der Waals surface area contributed by atoms with Crippen LogP contribution in [0.5, 0.6) is 0 Å². The first-order chi connectivity index (χ1) is 17.3. The highest BCUT2D eigenvalue weighted by Crippen LogP contribution is 2.65. The van der Waals surface area contributed by atoms with Crippen molar-refractivity contribution >= 4 is 52.7 Å². The third-order valence-corrected chi connectivity index (χ3v) is 8.17. The number of rotatable bonds is 11. The fourth-order valence-electron chi connectivity index (χ4n) is 4.48. The second-order valence-corrected chi connectivity index (χ2v) is 13.7. The van der Waals surface area contributed by atoms with Crippen LogP contribution in [0, 0.1) is 23.2 Å². The van der Waals surface area contributed by atoms with Gasteiger partial charge >= 0.3 is 5.97 Å². The average Bonchev–Trinajstić information content (AvgIpc) is 3.12. The maximum atomic E-state index is 13.5. The molecule has 1 unspecified atom stereocenters. The number of allylic oxidation sites excluding steroid dienone is 1. The van der Waals surface area contributed by atoms with Crippen LogP contribution in [0.2, 0.25) is 0 Å². The molecule has 5 atom stereocenters. The van der Waals surface area contributed by atoms with E-state index in [2.05, 4.69) is 17.2 Å². The van der Waals surface area contributed by atoms with Gasteiger partial charge in [0.2, 0.25) is 17.6 Å². The molecule has 1 heterocycles. The summed E-state index contributed by atoms with van der Waals surface area (Å²) in [6, 6.07) is -2.11. The number of nitrogens with one attached hydrogen (secondary N) is 2. The first-order valence-electron chi connectivity index (χ1n) is 13.0. The van der Waals surface area contributed by atoms with Crippen LogP contribution in [-0.2, 0) is 28.7 Å². The molecule has 0 aromatic carbocycles. The van der Waals surface area contributed by atoms with Gasteiger partial charge < -0.3 is 20.3 Å². The highest BCUT2D eigenvalue weighted by atomic mass is 35.5. The minimum absolute atomic E-state index is 0.0953. The molecular formula is C27H41Cl2N3O6. The summed E-state index contributed by atoms with van der Waals surface area (Å²) in [5.74, 6) is -4.18. The zero-order valence-corrected chi connectivity index (χ0v) is 24.9. The van der Waals surface area contributed by atoms with E-state index < -0.39 is 51.5 Å². The number of amides is 3. The Balaban J connectivity index is 2.12. The van der Waals surface area contributed by atoms with E-state index in [1.807, 2.05) is 27.7 Å². The van der Waals surface area contributed by atoms with Crippen LogP contribution in [0.15, 0.2) is 12.7 Å². The zero-order chi connectivity index (χ0) is 29.2. The van der Waals surface area contributed by atoms with Crippen LogP contribution < -0.4 is 10.6 Å². The summed E-state index contributed by atoms with van der Waals surface area (Å²) in [5.41, 5.74) is -0.995. The number of ketones is 1. The van der Waals surface area contributed by atoms with Gasteiger partial charge in [-0.3, -0.25) is 24.0 Å². The van der Waals surface area contributed by atoms with Gasteiger partial charge in [0.05, 0.1) is 12.5 Å². The normalized spacial score (nSPS) is 23.5. The lowest BCUT2D eigenvalue weighted by atomic mass is 9.81. The second-order valence-electron chi connectivity index (χ2n) is 12.2. The summed E-state index contributed by atoms with van der Waals surface area (Å²) in [7, 11) is 0. The van der Waals surface area contributed by atoms with Crippen molar-refractivity contribution in [3.63, 3.8) is 0 Å². The number of carbonyl (C=O) groups is 5. The maximum Gasteiger partial charge on any atom is 0.308 e. The summed E-state index contributed by atoms with van der Waals surface area (Å²) in [6.07, 6.45) is 1.95. The molecule has 1 aliphatic heterocycles. The second kappa shape index (κ2) is 11.9. The van der Waals surface area contributed by atoms with Crippen molar-refractivity contribution in [2.45, 2.75) is 89.7 Å². The van der Waals surface area contributed by atoms with E-state index in [-0.39, 0.29) is 49.1 Å². The number of esters is 1. The van der Waals surface area contributed by atoms with Gasteiger partial charge in [-0.1, -0.05) is 33.8 Å². The van der Waals surface area contributed by atoms with Crippen molar-refractivity contribution < 1.29 is 28.7 Å². The lowest BCUT2D eigenvalue weighted by Gasteiger charge is -2.35. The summed E-state index contributed by atoms with van der Waals surface area (Å²) in [6.45, 7) is 16.6. The molecule has 0 aromatic rings. The Kier molecular flexibility index (Phi) is 10.1. The predicted octanol–water partition coefficient (Wildman–Crippen LogP) is 3.17. The third kappa shape index (κ3) is 7.72. The van der Waals surface area contributed by atoms with E-state index in [1.54, 1.807) is 26.8 Å². The smallest absolute Gasteiger partial charge is 0.308 e. The molecule has 11 heteroatoms. The number of fused-ring (bicyclic) bond motifs is 1. The summed E-state index contributed by atoms with van der Waals surface area (Å²) < 4.78 is 4.06. The molecule has 0 radical (unpaired) electrons. The van der Waals surface area contributed by atoms with Crippen molar-refractivity contribution in [3.05, 3.63) is 12.7 Å². The lowest BCUT2D eigenvalue weighted by Crippen LogP contribution is -2.56. The fourth-order valence-corrected chi connectivity index (χ4v) is 5.31. The Bertz CT molecular complexity index is 969. The molecule has 0 spiro atoms. The molecule has 1 saturated heterocycles. The first-order valence-corrected chi connectivity index (χ1v) is 13.7. The molecule has 1 saturated carbocycles. The van der Waals surface area contributed by atoms with Crippen LogP contribution in [0.3, 0.4) is 0 Å². The topological polar surface area (TPSA) is 122 Å². The van der Waals surface area contributed by atoms with Gasteiger partial charge in [-0.05, 0) is 39.0 Å². The lowest BCUT2D eigenvalue weighted by molar-refractivity contribution is -0.154. The average molecular weight is 575 g/mol. The van der Waals surface area contributed by atoms with Gasteiger partial charge in [0.1, 0.15) is 16.0 Å². The molecule has 0 bridgehead atoms. The molecule has 9 nitrogen and oxygen atoms in total. The Morgan fingerprint density at radius 1 is 1.13 bits per heavy atom. The standard InChI is InChI=1S/C27H41Cl2N3O6/c1-9-10-11-17(21(34)23(36)30-13-12-18(33)38-26(6,7)8)31-22(35)20-19-16(27(19,28)29)14-32(20)24(37)15(2)25(3,4)5/h9,15-17,19-20H,1,10-14H2,2-8H3,(H,30,36)(H,31,35)/t15-,16+,17?,19+,20+/m1/s1. The molecular weight excluding hydrogens is 533 g/mol. The molecule has 2 N–H and O–H groups in total. The van der Waals surface area contributed by atoms with Crippen molar-refractivity contribution in [2.24, 2.45) is 23.2 Å². The van der Waals surface area contributed by atoms with E-state index in [1.165, 1.54) is 4.90 Å². The number of likely N-dealkylation sites (tertiary alicyclic amines) is 1. The SMILES string of the molecule is C=CCCC(NC(=O)[C@@H]1[C@@H]2[C@H](CN1C(=O)[C@@H](C)C(C)(C)C)C2(Cl)Cl)C(=O)C(=O)NCCC(=O)OC(C)(C)C. The molecule has 2 fully saturated rings. The summed E-state index contributed by atoms with van der Waals surface area (Å²) in [4.78, 5) is 65.7. The molecule has 3 amide bonds. The van der Waals surface area contributed by atoms with Gasteiger partial charge in [0, 0.05) is 30.8 Å². The Labute approximate surface area is 235 Å². The van der Waals surface area contributed by atoms with Crippen LogP contribution >= 0.6 is 23.2 Å². The minimum atomic E-state index is -1.16. The van der Waals surface area contributed by atoms with E-state index in [0.29, 0.717) is 6.42 Å². The zero-order valence-electron chi connectivity index (χ0n) is 23.4. The van der Waals surface area contributed by atoms with Crippen LogP contribution in [0.1, 0.15) is 67.7 Å². The highest BCUT2D eigenvalue weighted by Gasteiger charge is 2.74. The number of hydrogen-bond donors (Lipinski definition) is 2. The highest BCUT2D eigenvalue weighted by molar-refractivity contribution is 6.51. The van der Waals surface area contributed by atoms with E-state index in [9.17, 15) is 24.0 Å². The number of piperidine rings is 1. The Morgan fingerprint density at radius 3 is 2.26 bits per heavy atom. The Hall–Kier alpha value is -2.13. The summed E-state index contributed by atoms with van der Waals surface area (Å²) >= 11 is 12.8. The molecule has 38 heavy (non-hydrogen) atoms. The molecule has 0 aromatic heterocycles. The fraction of sp³-hybridized carbons (Fsp3) is 0.741. The predicted molar refractivity (Wildman–Crippen MR) is 145 cm³/mol. The maximum absolute atomic E-state index is 13.5. The van der Waals surface area contributed by atoms with E-state index >= 15 is 0 Å². The number of carbonyl (C=O) groups excluding carboxylic acids is 5.